The average molecular weight is 262 g/mol. The van der Waals surface area contributed by atoms with Gasteiger partial charge in [0, 0.05) is 18.9 Å². The fraction of sp³-hybridized carbons (Fsp3) is 0.600. The molecule has 2 aromatic heterocycles. The van der Waals surface area contributed by atoms with Gasteiger partial charge in [-0.2, -0.15) is 0 Å². The van der Waals surface area contributed by atoms with E-state index >= 15 is 0 Å². The third-order valence-corrected chi connectivity index (χ3v) is 4.19. The molecule has 4 heteroatoms. The molecule has 1 saturated heterocycles. The highest BCUT2D eigenvalue weighted by atomic mass is 15.3. The second kappa shape index (κ2) is 6.15. The molecule has 2 aromatic rings. The van der Waals surface area contributed by atoms with Crippen LogP contribution in [0.1, 0.15) is 26.7 Å². The van der Waals surface area contributed by atoms with E-state index < -0.39 is 0 Å². The first-order chi connectivity index (χ1) is 9.18. The van der Waals surface area contributed by atoms with Crippen molar-refractivity contribution < 1.29 is 9.05 Å². The van der Waals surface area contributed by atoms with Crippen LogP contribution in [-0.4, -0.2) is 40.8 Å². The summed E-state index contributed by atoms with van der Waals surface area (Å²) in [5.41, 5.74) is 1.13. The van der Waals surface area contributed by atoms with E-state index in [4.69, 9.17) is 0 Å². The van der Waals surface area contributed by atoms with Crippen LogP contribution in [0.15, 0.2) is 30.7 Å². The number of aromatic nitrogens is 3. The van der Waals surface area contributed by atoms with Gasteiger partial charge in [0.25, 0.3) is 0 Å². The molecule has 1 aliphatic rings. The molecule has 3 rings (SSSR count). The summed E-state index contributed by atoms with van der Waals surface area (Å²) in [6, 6.07) is 4.00. The Morgan fingerprint density at radius 1 is 1.32 bits per heavy atom. The fourth-order valence-corrected chi connectivity index (χ4v) is 2.62. The van der Waals surface area contributed by atoms with Crippen LogP contribution in [0.4, 0.5) is 0 Å². The molecule has 0 unspecified atom stereocenters. The zero-order chi connectivity index (χ0) is 13.7. The predicted octanol–water partition coefficient (Wildman–Crippen LogP) is 1.89. The van der Waals surface area contributed by atoms with Gasteiger partial charge in [0.05, 0.1) is 39.4 Å². The number of imidazole rings is 1. The lowest BCUT2D eigenvalue weighted by Gasteiger charge is -2.26. The number of aryl methyl sites for hydroxylation is 1. The van der Waals surface area contributed by atoms with E-state index in [2.05, 4.69) is 36.6 Å². The standard InChI is InChI=1S/C8H10N3.C7H16N/c1-2-10-6-7-11-8(10)4-3-5-9-11;1-3-8(2)6-4-5-7-8/h3-7H,2H2,1H3;3-7H2,1-2H3/q2*+1. The molecular weight excluding hydrogens is 236 g/mol. The van der Waals surface area contributed by atoms with Crippen molar-refractivity contribution in [2.75, 3.05) is 26.7 Å². The van der Waals surface area contributed by atoms with Gasteiger partial charge in [0.2, 0.25) is 0 Å². The van der Waals surface area contributed by atoms with E-state index in [1.165, 1.54) is 37.0 Å². The second-order valence-corrected chi connectivity index (χ2v) is 5.50. The Morgan fingerprint density at radius 2 is 2.05 bits per heavy atom. The van der Waals surface area contributed by atoms with Crippen molar-refractivity contribution in [3.05, 3.63) is 30.7 Å². The topological polar surface area (TPSA) is 21.2 Å². The molecule has 0 spiro atoms. The Balaban J connectivity index is 0.000000148. The quantitative estimate of drug-likeness (QED) is 0.598. The summed E-state index contributed by atoms with van der Waals surface area (Å²) in [6.07, 6.45) is 8.67. The maximum Gasteiger partial charge on any atom is 0.307 e. The summed E-state index contributed by atoms with van der Waals surface area (Å²) >= 11 is 0. The number of hydrogen-bond acceptors (Lipinski definition) is 1. The highest BCUT2D eigenvalue weighted by molar-refractivity contribution is 5.27. The molecule has 4 nitrogen and oxygen atoms in total. The zero-order valence-corrected chi connectivity index (χ0v) is 12.4. The second-order valence-electron chi connectivity index (χ2n) is 5.50. The van der Waals surface area contributed by atoms with Gasteiger partial charge in [-0.15, -0.1) is 4.52 Å². The third kappa shape index (κ3) is 3.32. The minimum absolute atomic E-state index is 0.988. The molecule has 1 aliphatic heterocycles. The minimum atomic E-state index is 0.988. The molecule has 0 bridgehead atoms. The van der Waals surface area contributed by atoms with Gasteiger partial charge < -0.3 is 4.48 Å². The highest BCUT2D eigenvalue weighted by Gasteiger charge is 2.23. The van der Waals surface area contributed by atoms with Crippen molar-refractivity contribution in [3.8, 4) is 0 Å². The molecular formula is C15H26N4+2. The largest absolute Gasteiger partial charge is 0.326 e. The molecule has 0 saturated carbocycles. The van der Waals surface area contributed by atoms with Gasteiger partial charge >= 0.3 is 5.65 Å². The highest BCUT2D eigenvalue weighted by Crippen LogP contribution is 2.14. The average Bonchev–Trinajstić information content (AvgIpc) is 3.06. The SMILES string of the molecule is CC[N+]1(C)CCCC1.CC[n+]1ccn2ncccc21. The maximum atomic E-state index is 4.15. The molecule has 104 valence electrons. The van der Waals surface area contributed by atoms with Crippen molar-refractivity contribution in [1.29, 1.82) is 0 Å². The Kier molecular flexibility index (Phi) is 4.53. The molecule has 0 N–H and O–H groups in total. The summed E-state index contributed by atoms with van der Waals surface area (Å²) in [6.45, 7) is 9.54. The smallest absolute Gasteiger partial charge is 0.307 e. The Hall–Kier alpha value is -1.42. The molecule has 19 heavy (non-hydrogen) atoms. The van der Waals surface area contributed by atoms with Crippen LogP contribution < -0.4 is 4.57 Å². The van der Waals surface area contributed by atoms with Crippen molar-refractivity contribution in [3.63, 3.8) is 0 Å². The summed E-state index contributed by atoms with van der Waals surface area (Å²) in [4.78, 5) is 0. The molecule has 1 fully saturated rings. The zero-order valence-electron chi connectivity index (χ0n) is 12.4. The first kappa shape index (κ1) is 14.0. The molecule has 0 aromatic carbocycles. The van der Waals surface area contributed by atoms with Crippen LogP contribution in [0.5, 0.6) is 0 Å². The van der Waals surface area contributed by atoms with Crippen LogP contribution in [0.2, 0.25) is 0 Å². The van der Waals surface area contributed by atoms with Gasteiger partial charge in [-0.05, 0) is 19.9 Å². The molecule has 0 amide bonds. The number of likely N-dealkylation sites (tertiary alicyclic amines) is 1. The van der Waals surface area contributed by atoms with Crippen molar-refractivity contribution in [2.24, 2.45) is 0 Å². The van der Waals surface area contributed by atoms with E-state index in [9.17, 15) is 0 Å². The summed E-state index contributed by atoms with van der Waals surface area (Å²) < 4.78 is 5.33. The number of fused-ring (bicyclic) bond motifs is 1. The van der Waals surface area contributed by atoms with Crippen molar-refractivity contribution in [2.45, 2.75) is 33.2 Å². The van der Waals surface area contributed by atoms with E-state index in [-0.39, 0.29) is 0 Å². The summed E-state index contributed by atoms with van der Waals surface area (Å²) in [5.74, 6) is 0. The fourth-order valence-electron chi connectivity index (χ4n) is 2.62. The van der Waals surface area contributed by atoms with E-state index in [0.29, 0.717) is 0 Å². The third-order valence-electron chi connectivity index (χ3n) is 4.19. The van der Waals surface area contributed by atoms with Gasteiger partial charge in [-0.3, -0.25) is 0 Å². The van der Waals surface area contributed by atoms with Gasteiger partial charge in [0.15, 0.2) is 6.20 Å². The first-order valence-electron chi connectivity index (χ1n) is 7.34. The maximum absolute atomic E-state index is 4.15. The molecule has 0 atom stereocenters. The van der Waals surface area contributed by atoms with Gasteiger partial charge in [-0.1, -0.05) is 5.10 Å². The van der Waals surface area contributed by atoms with E-state index in [1.54, 1.807) is 6.20 Å². The molecule has 0 radical (unpaired) electrons. The van der Waals surface area contributed by atoms with Crippen LogP contribution in [0.3, 0.4) is 0 Å². The van der Waals surface area contributed by atoms with E-state index in [0.717, 1.165) is 12.2 Å². The summed E-state index contributed by atoms with van der Waals surface area (Å²) in [7, 11) is 2.35. The lowest BCUT2D eigenvalue weighted by molar-refractivity contribution is -0.895. The van der Waals surface area contributed by atoms with Gasteiger partial charge in [0.1, 0.15) is 6.20 Å². The number of quaternary nitrogens is 1. The molecule has 3 heterocycles. The van der Waals surface area contributed by atoms with Crippen LogP contribution in [0, 0.1) is 0 Å². The Bertz CT molecular complexity index is 512. The number of nitrogens with zero attached hydrogens (tertiary/aromatic N) is 4. The summed E-state index contributed by atoms with van der Waals surface area (Å²) in [5, 5.41) is 4.15. The number of rotatable bonds is 2. The van der Waals surface area contributed by atoms with Crippen molar-refractivity contribution in [1.82, 2.24) is 9.61 Å². The Labute approximate surface area is 115 Å². The number of hydrogen-bond donors (Lipinski definition) is 0. The van der Waals surface area contributed by atoms with Crippen LogP contribution >= 0.6 is 0 Å². The monoisotopic (exact) mass is 262 g/mol. The lowest BCUT2D eigenvalue weighted by atomic mass is 10.4. The van der Waals surface area contributed by atoms with Gasteiger partial charge in [-0.25, -0.2) is 4.57 Å². The Morgan fingerprint density at radius 3 is 2.63 bits per heavy atom. The normalized spacial score (nSPS) is 17.2. The minimum Gasteiger partial charge on any atom is -0.326 e. The molecule has 0 aliphatic carbocycles. The lowest BCUT2D eigenvalue weighted by Crippen LogP contribution is -2.40. The van der Waals surface area contributed by atoms with Crippen molar-refractivity contribution >= 4 is 5.65 Å². The van der Waals surface area contributed by atoms with Crippen LogP contribution in [-0.2, 0) is 6.54 Å². The van der Waals surface area contributed by atoms with E-state index in [1.807, 2.05) is 23.0 Å². The first-order valence-corrected chi connectivity index (χ1v) is 7.34. The van der Waals surface area contributed by atoms with Crippen LogP contribution in [0.25, 0.3) is 5.65 Å². The predicted molar refractivity (Wildman–Crippen MR) is 76.8 cm³/mol.